The molecule has 5 aromatic heterocycles. The Morgan fingerprint density at radius 3 is 1.55 bits per heavy atom. The minimum absolute atomic E-state index is 0. The molecule has 0 radical (unpaired) electrons. The molecule has 1 atom stereocenters. The van der Waals surface area contributed by atoms with Crippen LogP contribution in [0, 0.1) is 47.8 Å². The first-order valence-corrected chi connectivity index (χ1v) is 20.6. The summed E-state index contributed by atoms with van der Waals surface area (Å²) < 4.78 is 44.2. The highest BCUT2D eigenvalue weighted by atomic mass is 79.9. The van der Waals surface area contributed by atoms with E-state index in [-0.39, 0.29) is 58.5 Å². The van der Waals surface area contributed by atoms with Gasteiger partial charge in [0, 0.05) is 54.2 Å². The third-order valence-corrected chi connectivity index (χ3v) is 9.63. The van der Waals surface area contributed by atoms with Crippen molar-refractivity contribution in [3.8, 4) is 22.3 Å². The molecule has 1 fully saturated rings. The van der Waals surface area contributed by atoms with E-state index in [2.05, 4.69) is 47.8 Å². The molecule has 28 heteroatoms. The molecular formula is C43H47BBrF3N14O9. The number of anilines is 6. The lowest BCUT2D eigenvalue weighted by atomic mass is 9.80. The summed E-state index contributed by atoms with van der Waals surface area (Å²) in [5, 5.41) is 48.2. The zero-order valence-electron chi connectivity index (χ0n) is 36.6. The maximum absolute atomic E-state index is 13.0. The summed E-state index contributed by atoms with van der Waals surface area (Å²) in [6, 6.07) is 13.2. The van der Waals surface area contributed by atoms with Crippen molar-refractivity contribution >= 4 is 79.7 Å². The van der Waals surface area contributed by atoms with Crippen LogP contribution in [0.2, 0.25) is 0 Å². The predicted octanol–water partition coefficient (Wildman–Crippen LogP) is 6.64. The van der Waals surface area contributed by atoms with Gasteiger partial charge in [-0.3, -0.25) is 55.3 Å². The van der Waals surface area contributed by atoms with E-state index in [1.807, 2.05) is 0 Å². The summed E-state index contributed by atoms with van der Waals surface area (Å²) in [6.07, 6.45) is 15.6. The number of nitrogen functional groups attached to an aromatic ring is 6. The first-order chi connectivity index (χ1) is 33.1. The van der Waals surface area contributed by atoms with Crippen molar-refractivity contribution < 1.29 is 42.7 Å². The second-order valence-electron chi connectivity index (χ2n) is 13.9. The Kier molecular flexibility index (Phi) is 23.6. The lowest BCUT2D eigenvalue weighted by Gasteiger charge is -2.07. The first-order valence-electron chi connectivity index (χ1n) is 19.8. The van der Waals surface area contributed by atoms with Gasteiger partial charge in [0.1, 0.15) is 47.3 Å². The molecule has 1 saturated heterocycles. The van der Waals surface area contributed by atoms with Gasteiger partial charge in [0.15, 0.2) is 5.82 Å². The first kappa shape index (κ1) is 58.5. The van der Waals surface area contributed by atoms with Gasteiger partial charge < -0.3 is 49.2 Å². The van der Waals surface area contributed by atoms with Crippen LogP contribution in [-0.4, -0.2) is 69.6 Å². The number of pyridine rings is 5. The number of rotatable bonds is 6. The molecule has 7 aromatic rings. The molecule has 1 aliphatic rings. The van der Waals surface area contributed by atoms with Gasteiger partial charge in [-0.15, -0.1) is 0 Å². The van der Waals surface area contributed by atoms with Gasteiger partial charge in [-0.25, -0.2) is 13.2 Å². The van der Waals surface area contributed by atoms with Crippen LogP contribution in [0.1, 0.15) is 27.2 Å². The van der Waals surface area contributed by atoms with Crippen molar-refractivity contribution in [2.75, 3.05) is 41.0 Å². The standard InChI is InChI=1S/C11H8FN3O2.C11H10FN3.C5H6BFN2O2.C5H4BrN3O2.C5H5N3O2.C5H10O.CH4/c12-8-3-1-2-7(4-8)9-5-14-6-10(11(9)13)15(16)17;12-8-3-1-2-7(4-8)9-5-15-6-10(13)11(9)14;7-4-2-9-1-3(5(4)8)6(10)11;6-3-1-8-2-4(5(3)7)9(10)11;6-4-1-2-7-3-5(4)8(9)10;1-5-3-2-4-6-5;/h1-6H,(H2,13,14);1-6H,13H2,(H2,14,15);1-2,10-11H,(H2,8,9);1-2H,(H2,7,8);1-3H,(H2,6,7);5H,2-4H2,1H3;1H4. The number of hydrogen-bond acceptors (Lipinski definition) is 20. The van der Waals surface area contributed by atoms with E-state index < -0.39 is 33.5 Å². The van der Waals surface area contributed by atoms with Gasteiger partial charge >= 0.3 is 24.2 Å². The second-order valence-corrected chi connectivity index (χ2v) is 14.8. The Bertz CT molecular complexity index is 2890. The fraction of sp³-hybridized carbons (Fsp3) is 0.140. The van der Waals surface area contributed by atoms with Crippen molar-refractivity contribution in [2.45, 2.75) is 33.3 Å². The summed E-state index contributed by atoms with van der Waals surface area (Å²) in [6.45, 7) is 3.11. The number of aromatic nitrogens is 5. The van der Waals surface area contributed by atoms with E-state index in [1.165, 1.54) is 74.0 Å². The average Bonchev–Trinajstić information content (AvgIpc) is 3.81. The van der Waals surface area contributed by atoms with Crippen LogP contribution >= 0.6 is 15.9 Å². The summed E-state index contributed by atoms with van der Waals surface area (Å²) in [5.41, 5.74) is 35.0. The van der Waals surface area contributed by atoms with Crippen LogP contribution in [0.25, 0.3) is 22.3 Å². The Hall–Kier alpha value is -8.60. The molecule has 0 aliphatic carbocycles. The van der Waals surface area contributed by atoms with Crippen molar-refractivity contribution in [2.24, 2.45) is 0 Å². The summed E-state index contributed by atoms with van der Waals surface area (Å²) >= 11 is 3.02. The van der Waals surface area contributed by atoms with Gasteiger partial charge in [-0.2, -0.15) is 0 Å². The highest BCUT2D eigenvalue weighted by Crippen LogP contribution is 2.32. The Morgan fingerprint density at radius 2 is 1.13 bits per heavy atom. The highest BCUT2D eigenvalue weighted by Gasteiger charge is 2.18. The predicted molar refractivity (Wildman–Crippen MR) is 267 cm³/mol. The number of nitro groups is 3. The van der Waals surface area contributed by atoms with Gasteiger partial charge in [0.2, 0.25) is 0 Å². The average molecular weight is 1050 g/mol. The molecular weight excluding hydrogens is 1000 g/mol. The molecule has 6 heterocycles. The zero-order chi connectivity index (χ0) is 52.1. The SMILES string of the molecule is C.CC1CCCO1.Nc1c(-c2cccc(F)c2)cncc1[N+](=O)[O-].Nc1c(Br)cncc1[N+](=O)[O-].Nc1c(F)cncc1B(O)O.Nc1ccncc1[N+](=O)[O-].Nc1cncc(-c2cccc(F)c2)c1N. The number of hydrogen-bond donors (Lipinski definition) is 8. The van der Waals surface area contributed by atoms with Crippen LogP contribution in [-0.2, 0) is 4.74 Å². The summed E-state index contributed by atoms with van der Waals surface area (Å²) in [5.74, 6) is -1.50. The molecule has 2 aromatic carbocycles. The van der Waals surface area contributed by atoms with E-state index in [0.29, 0.717) is 44.2 Å². The smallest absolute Gasteiger partial charge is 0.423 e. The quantitative estimate of drug-likeness (QED) is 0.0491. The number of halogens is 4. The lowest BCUT2D eigenvalue weighted by Crippen LogP contribution is -2.33. The van der Waals surface area contributed by atoms with Crippen molar-refractivity contribution in [3.63, 3.8) is 0 Å². The third kappa shape index (κ3) is 18.1. The minimum Gasteiger partial charge on any atom is -0.423 e. The number of nitrogens with zero attached hydrogens (tertiary/aromatic N) is 8. The van der Waals surface area contributed by atoms with Crippen molar-refractivity contribution in [1.29, 1.82) is 0 Å². The summed E-state index contributed by atoms with van der Waals surface area (Å²) in [4.78, 5) is 47.5. The fourth-order valence-corrected chi connectivity index (χ4v) is 5.72. The molecule has 23 nitrogen and oxygen atoms in total. The van der Waals surface area contributed by atoms with Gasteiger partial charge in [0.05, 0.1) is 54.8 Å². The van der Waals surface area contributed by atoms with E-state index in [0.717, 1.165) is 37.6 Å². The molecule has 8 rings (SSSR count). The van der Waals surface area contributed by atoms with Crippen LogP contribution < -0.4 is 39.9 Å². The van der Waals surface area contributed by atoms with E-state index in [1.54, 1.807) is 24.4 Å². The largest absolute Gasteiger partial charge is 0.492 e. The molecule has 0 bridgehead atoms. The molecule has 1 unspecified atom stereocenters. The van der Waals surface area contributed by atoms with Gasteiger partial charge in [0.25, 0.3) is 0 Å². The third-order valence-electron chi connectivity index (χ3n) is 9.00. The Morgan fingerprint density at radius 1 is 0.634 bits per heavy atom. The number of benzene rings is 2. The number of ether oxygens (including phenoxy) is 1. The Balaban J connectivity index is 0.000000298. The molecule has 374 valence electrons. The number of nitrogens with two attached hydrogens (primary N) is 6. The molecule has 0 amide bonds. The van der Waals surface area contributed by atoms with Crippen LogP contribution in [0.4, 0.5) is 64.4 Å². The van der Waals surface area contributed by atoms with Crippen molar-refractivity contribution in [1.82, 2.24) is 24.9 Å². The maximum Gasteiger partial charge on any atom is 0.492 e. The minimum atomic E-state index is -1.78. The summed E-state index contributed by atoms with van der Waals surface area (Å²) in [7, 11) is -1.78. The molecule has 0 spiro atoms. The van der Waals surface area contributed by atoms with E-state index >= 15 is 0 Å². The molecule has 71 heavy (non-hydrogen) atoms. The molecule has 0 saturated carbocycles. The van der Waals surface area contributed by atoms with Crippen LogP contribution in [0.5, 0.6) is 0 Å². The van der Waals surface area contributed by atoms with Crippen LogP contribution in [0.3, 0.4) is 0 Å². The fourth-order valence-electron chi connectivity index (χ4n) is 5.40. The highest BCUT2D eigenvalue weighted by molar-refractivity contribution is 9.10. The monoisotopic (exact) mass is 1050 g/mol. The molecule has 1 aliphatic heterocycles. The van der Waals surface area contributed by atoms with Gasteiger partial charge in [-0.1, -0.05) is 31.7 Å². The lowest BCUT2D eigenvalue weighted by molar-refractivity contribution is -0.384. The van der Waals surface area contributed by atoms with Crippen molar-refractivity contribution in [3.05, 3.63) is 169 Å². The second kappa shape index (κ2) is 28.7. The maximum atomic E-state index is 13.0. The van der Waals surface area contributed by atoms with E-state index in [9.17, 15) is 43.5 Å². The van der Waals surface area contributed by atoms with Crippen LogP contribution in [0.15, 0.2) is 121 Å². The van der Waals surface area contributed by atoms with E-state index in [4.69, 9.17) is 49.2 Å². The normalized spacial score (nSPS) is 11.8. The zero-order valence-corrected chi connectivity index (χ0v) is 38.1. The topological polar surface area (TPSA) is 400 Å². The van der Waals surface area contributed by atoms with Gasteiger partial charge in [-0.05, 0) is 77.2 Å². The Labute approximate surface area is 411 Å². The molecule has 14 N–H and O–H groups in total.